The standard InChI is InChI=1S/C30H31BrN2O4/c1-3-32(4-2)18-19-33-27(22-12-16-25(17-13-22)37-20-21-8-6-5-7-9-21)26(29(35)30(33)36)28(34)23-10-14-24(31)15-11-23/h5-17,27,34H,3-4,18-20H2,1-2H3/b28-26+. The fourth-order valence-electron chi connectivity index (χ4n) is 4.50. The van der Waals surface area contributed by atoms with Crippen molar-refractivity contribution in [2.75, 3.05) is 26.2 Å². The zero-order valence-corrected chi connectivity index (χ0v) is 22.6. The first kappa shape index (κ1) is 26.6. The molecule has 4 rings (SSSR count). The van der Waals surface area contributed by atoms with Gasteiger partial charge in [0, 0.05) is 23.1 Å². The number of nitrogens with zero attached hydrogens (tertiary/aromatic N) is 2. The molecule has 6 nitrogen and oxygen atoms in total. The molecule has 1 N–H and O–H groups in total. The van der Waals surface area contributed by atoms with Gasteiger partial charge in [0.1, 0.15) is 18.1 Å². The third-order valence-electron chi connectivity index (χ3n) is 6.65. The number of likely N-dealkylation sites (N-methyl/N-ethyl adjacent to an activating group) is 1. The van der Waals surface area contributed by atoms with Gasteiger partial charge in [-0.25, -0.2) is 0 Å². The third kappa shape index (κ3) is 6.12. The summed E-state index contributed by atoms with van der Waals surface area (Å²) in [6, 6.07) is 23.6. The number of carbonyl (C=O) groups excluding carboxylic acids is 2. The summed E-state index contributed by atoms with van der Waals surface area (Å²) < 4.78 is 6.77. The number of hydrogen-bond donors (Lipinski definition) is 1. The van der Waals surface area contributed by atoms with Crippen molar-refractivity contribution in [3.63, 3.8) is 0 Å². The Morgan fingerprint density at radius 2 is 1.59 bits per heavy atom. The molecular weight excluding hydrogens is 532 g/mol. The van der Waals surface area contributed by atoms with Crippen molar-refractivity contribution >= 4 is 33.4 Å². The molecule has 0 aliphatic carbocycles. The summed E-state index contributed by atoms with van der Waals surface area (Å²) in [6.45, 7) is 7.27. The van der Waals surface area contributed by atoms with E-state index in [1.54, 1.807) is 29.2 Å². The first-order valence-electron chi connectivity index (χ1n) is 12.5. The van der Waals surface area contributed by atoms with Gasteiger partial charge in [-0.15, -0.1) is 0 Å². The first-order chi connectivity index (χ1) is 17.9. The Morgan fingerprint density at radius 1 is 0.946 bits per heavy atom. The Bertz CT molecular complexity index is 1250. The van der Waals surface area contributed by atoms with Crippen LogP contribution in [0.4, 0.5) is 0 Å². The number of hydrogen-bond acceptors (Lipinski definition) is 5. The fourth-order valence-corrected chi connectivity index (χ4v) is 4.76. The Labute approximate surface area is 226 Å². The number of ketones is 1. The van der Waals surface area contributed by atoms with Crippen LogP contribution in [0.5, 0.6) is 5.75 Å². The molecule has 1 aliphatic heterocycles. The van der Waals surface area contributed by atoms with E-state index in [-0.39, 0.29) is 11.3 Å². The van der Waals surface area contributed by atoms with Crippen molar-refractivity contribution in [1.82, 2.24) is 9.80 Å². The number of benzene rings is 3. The number of aliphatic hydroxyl groups excluding tert-OH is 1. The molecule has 37 heavy (non-hydrogen) atoms. The van der Waals surface area contributed by atoms with Crippen molar-refractivity contribution in [2.45, 2.75) is 26.5 Å². The predicted molar refractivity (Wildman–Crippen MR) is 148 cm³/mol. The van der Waals surface area contributed by atoms with Gasteiger partial charge in [0.05, 0.1) is 11.6 Å². The number of ether oxygens (including phenoxy) is 1. The number of Topliss-reactive ketones (excluding diaryl/α,β-unsaturated/α-hetero) is 1. The van der Waals surface area contributed by atoms with E-state index in [9.17, 15) is 14.7 Å². The van der Waals surface area contributed by atoms with Crippen LogP contribution >= 0.6 is 15.9 Å². The maximum atomic E-state index is 13.2. The van der Waals surface area contributed by atoms with E-state index in [2.05, 4.69) is 34.7 Å². The number of likely N-dealkylation sites (tertiary alicyclic amines) is 1. The maximum absolute atomic E-state index is 13.2. The molecule has 0 radical (unpaired) electrons. The second-order valence-corrected chi connectivity index (χ2v) is 9.79. The van der Waals surface area contributed by atoms with Gasteiger partial charge in [-0.05, 0) is 48.5 Å². The number of halogens is 1. The molecule has 1 heterocycles. The van der Waals surface area contributed by atoms with E-state index in [1.165, 1.54) is 0 Å². The van der Waals surface area contributed by atoms with Gasteiger partial charge >= 0.3 is 0 Å². The van der Waals surface area contributed by atoms with Gasteiger partial charge in [-0.1, -0.05) is 84.4 Å². The average molecular weight is 563 g/mol. The van der Waals surface area contributed by atoms with Crippen molar-refractivity contribution < 1.29 is 19.4 Å². The Balaban J connectivity index is 1.67. The van der Waals surface area contributed by atoms with Crippen LogP contribution in [0, 0.1) is 0 Å². The zero-order chi connectivity index (χ0) is 26.4. The number of aliphatic hydroxyl groups is 1. The SMILES string of the molecule is CCN(CC)CCN1C(=O)C(=O)/C(=C(/O)c2ccc(Br)cc2)C1c1ccc(OCc2ccccc2)cc1. The van der Waals surface area contributed by atoms with E-state index in [1.807, 2.05) is 54.6 Å². The molecule has 0 bridgehead atoms. The lowest BCUT2D eigenvalue weighted by molar-refractivity contribution is -0.140. The topological polar surface area (TPSA) is 70.1 Å². The van der Waals surface area contributed by atoms with Crippen LogP contribution < -0.4 is 4.74 Å². The number of amides is 1. The van der Waals surface area contributed by atoms with Crippen LogP contribution in [-0.2, 0) is 16.2 Å². The average Bonchev–Trinajstić information content (AvgIpc) is 3.18. The van der Waals surface area contributed by atoms with Crippen molar-refractivity contribution in [2.24, 2.45) is 0 Å². The molecule has 192 valence electrons. The van der Waals surface area contributed by atoms with Gasteiger partial charge in [0.15, 0.2) is 0 Å². The van der Waals surface area contributed by atoms with Crippen LogP contribution in [0.15, 0.2) is 88.9 Å². The number of rotatable bonds is 10. The lowest BCUT2D eigenvalue weighted by Crippen LogP contribution is -2.38. The lowest BCUT2D eigenvalue weighted by Gasteiger charge is -2.28. The molecule has 0 aromatic heterocycles. The fraction of sp³-hybridized carbons (Fsp3) is 0.267. The molecular formula is C30H31BrN2O4. The minimum Gasteiger partial charge on any atom is -0.507 e. The monoisotopic (exact) mass is 562 g/mol. The van der Waals surface area contributed by atoms with E-state index >= 15 is 0 Å². The quantitative estimate of drug-likeness (QED) is 0.192. The smallest absolute Gasteiger partial charge is 0.295 e. The van der Waals surface area contributed by atoms with Gasteiger partial charge in [0.2, 0.25) is 0 Å². The van der Waals surface area contributed by atoms with E-state index in [0.717, 1.165) is 28.7 Å². The Morgan fingerprint density at radius 3 is 2.22 bits per heavy atom. The summed E-state index contributed by atoms with van der Waals surface area (Å²) in [5.41, 5.74) is 2.39. The largest absolute Gasteiger partial charge is 0.507 e. The first-order valence-corrected chi connectivity index (χ1v) is 13.3. The Kier molecular flexibility index (Phi) is 8.79. The highest BCUT2D eigenvalue weighted by atomic mass is 79.9. The van der Waals surface area contributed by atoms with Crippen LogP contribution in [0.2, 0.25) is 0 Å². The molecule has 3 aromatic rings. The van der Waals surface area contributed by atoms with Crippen molar-refractivity contribution in [1.29, 1.82) is 0 Å². The van der Waals surface area contributed by atoms with Gasteiger partial charge in [-0.2, -0.15) is 0 Å². The van der Waals surface area contributed by atoms with Gasteiger partial charge < -0.3 is 19.6 Å². The molecule has 1 unspecified atom stereocenters. The van der Waals surface area contributed by atoms with Gasteiger partial charge in [0.25, 0.3) is 11.7 Å². The summed E-state index contributed by atoms with van der Waals surface area (Å²) in [6.07, 6.45) is 0. The minimum atomic E-state index is -0.692. The highest BCUT2D eigenvalue weighted by molar-refractivity contribution is 9.10. The number of carbonyl (C=O) groups is 2. The molecule has 1 atom stereocenters. The zero-order valence-electron chi connectivity index (χ0n) is 21.1. The van der Waals surface area contributed by atoms with Gasteiger partial charge in [-0.3, -0.25) is 9.59 Å². The van der Waals surface area contributed by atoms with E-state index in [0.29, 0.717) is 31.0 Å². The molecule has 1 saturated heterocycles. The van der Waals surface area contributed by atoms with Crippen molar-refractivity contribution in [3.8, 4) is 5.75 Å². The van der Waals surface area contributed by atoms with Crippen LogP contribution in [0.25, 0.3) is 5.76 Å². The summed E-state index contributed by atoms with van der Waals surface area (Å²) >= 11 is 3.40. The van der Waals surface area contributed by atoms with Crippen LogP contribution in [0.3, 0.4) is 0 Å². The second-order valence-electron chi connectivity index (χ2n) is 8.87. The summed E-state index contributed by atoms with van der Waals surface area (Å²) in [5.74, 6) is -0.763. The predicted octanol–water partition coefficient (Wildman–Crippen LogP) is 5.79. The summed E-state index contributed by atoms with van der Waals surface area (Å²) in [4.78, 5) is 30.2. The van der Waals surface area contributed by atoms with Crippen molar-refractivity contribution in [3.05, 3.63) is 106 Å². The molecule has 1 amide bonds. The van der Waals surface area contributed by atoms with E-state index in [4.69, 9.17) is 4.74 Å². The normalized spacial score (nSPS) is 17.0. The lowest BCUT2D eigenvalue weighted by atomic mass is 9.95. The minimum absolute atomic E-state index is 0.102. The molecule has 1 fully saturated rings. The highest BCUT2D eigenvalue weighted by Gasteiger charge is 2.45. The second kappa shape index (κ2) is 12.2. The van der Waals surface area contributed by atoms with E-state index < -0.39 is 17.7 Å². The molecule has 3 aromatic carbocycles. The summed E-state index contributed by atoms with van der Waals surface area (Å²) in [5, 5.41) is 11.2. The third-order valence-corrected chi connectivity index (χ3v) is 7.18. The molecule has 0 spiro atoms. The summed E-state index contributed by atoms with van der Waals surface area (Å²) in [7, 11) is 0. The molecule has 7 heteroatoms. The molecule has 1 aliphatic rings. The Hall–Kier alpha value is -3.42. The van der Waals surface area contributed by atoms with Crippen LogP contribution in [0.1, 0.15) is 36.6 Å². The maximum Gasteiger partial charge on any atom is 0.295 e. The van der Waals surface area contributed by atoms with Crippen LogP contribution in [-0.4, -0.2) is 52.8 Å². The molecule has 0 saturated carbocycles. The highest BCUT2D eigenvalue weighted by Crippen LogP contribution is 2.39.